The first-order chi connectivity index (χ1) is 7.67. The SMILES string of the molecule is CCCC1CCN(C[C@H](C)C(=O)OC)CC1. The molecule has 94 valence electrons. The highest BCUT2D eigenvalue weighted by molar-refractivity contribution is 5.72. The summed E-state index contributed by atoms with van der Waals surface area (Å²) in [7, 11) is 1.46. The van der Waals surface area contributed by atoms with Crippen LogP contribution in [0, 0.1) is 11.8 Å². The van der Waals surface area contributed by atoms with Crippen LogP contribution in [0.2, 0.25) is 0 Å². The summed E-state index contributed by atoms with van der Waals surface area (Å²) in [4.78, 5) is 13.7. The summed E-state index contributed by atoms with van der Waals surface area (Å²) in [6.45, 7) is 7.35. The molecular formula is C13H25NO2. The molecule has 1 saturated heterocycles. The molecule has 1 fully saturated rings. The highest BCUT2D eigenvalue weighted by Crippen LogP contribution is 2.22. The van der Waals surface area contributed by atoms with Crippen LogP contribution in [-0.4, -0.2) is 37.6 Å². The van der Waals surface area contributed by atoms with Crippen molar-refractivity contribution in [2.45, 2.75) is 39.5 Å². The molecule has 1 aliphatic rings. The fourth-order valence-electron chi connectivity index (χ4n) is 2.53. The van der Waals surface area contributed by atoms with Crippen molar-refractivity contribution in [2.75, 3.05) is 26.7 Å². The van der Waals surface area contributed by atoms with E-state index in [0.717, 1.165) is 25.6 Å². The van der Waals surface area contributed by atoms with Crippen molar-refractivity contribution in [1.29, 1.82) is 0 Å². The first kappa shape index (κ1) is 13.5. The molecule has 0 saturated carbocycles. The van der Waals surface area contributed by atoms with Crippen molar-refractivity contribution in [3.05, 3.63) is 0 Å². The molecule has 0 amide bonds. The summed E-state index contributed by atoms with van der Waals surface area (Å²) >= 11 is 0. The lowest BCUT2D eigenvalue weighted by atomic mass is 9.92. The van der Waals surface area contributed by atoms with E-state index in [9.17, 15) is 4.79 Å². The summed E-state index contributed by atoms with van der Waals surface area (Å²) in [6, 6.07) is 0. The van der Waals surface area contributed by atoms with Crippen LogP contribution in [0.5, 0.6) is 0 Å². The average molecular weight is 227 g/mol. The minimum atomic E-state index is -0.0873. The normalized spacial score (nSPS) is 20.7. The molecular weight excluding hydrogens is 202 g/mol. The Hall–Kier alpha value is -0.570. The molecule has 0 radical (unpaired) electrons. The highest BCUT2D eigenvalue weighted by Gasteiger charge is 2.22. The van der Waals surface area contributed by atoms with Crippen LogP contribution in [0.4, 0.5) is 0 Å². The van der Waals surface area contributed by atoms with Crippen molar-refractivity contribution in [3.63, 3.8) is 0 Å². The monoisotopic (exact) mass is 227 g/mol. The molecule has 0 N–H and O–H groups in total. The lowest BCUT2D eigenvalue weighted by molar-refractivity contribution is -0.145. The zero-order valence-electron chi connectivity index (χ0n) is 10.9. The number of likely N-dealkylation sites (tertiary alicyclic amines) is 1. The maximum atomic E-state index is 11.3. The van der Waals surface area contributed by atoms with E-state index in [2.05, 4.69) is 11.8 Å². The van der Waals surface area contributed by atoms with Crippen molar-refractivity contribution in [1.82, 2.24) is 4.90 Å². The fraction of sp³-hybridized carbons (Fsp3) is 0.923. The number of carbonyl (C=O) groups is 1. The van der Waals surface area contributed by atoms with Gasteiger partial charge in [0.25, 0.3) is 0 Å². The summed E-state index contributed by atoms with van der Waals surface area (Å²) in [5.74, 6) is 0.832. The van der Waals surface area contributed by atoms with E-state index in [1.165, 1.54) is 32.8 Å². The van der Waals surface area contributed by atoms with Gasteiger partial charge in [-0.2, -0.15) is 0 Å². The van der Waals surface area contributed by atoms with Gasteiger partial charge in [0.15, 0.2) is 0 Å². The third-order valence-electron chi connectivity index (χ3n) is 3.54. The Kier molecular flexibility index (Phi) is 5.81. The lowest BCUT2D eigenvalue weighted by Gasteiger charge is -2.32. The van der Waals surface area contributed by atoms with Gasteiger partial charge < -0.3 is 9.64 Å². The molecule has 3 nitrogen and oxygen atoms in total. The molecule has 0 bridgehead atoms. The van der Waals surface area contributed by atoms with Gasteiger partial charge in [0, 0.05) is 6.54 Å². The third-order valence-corrected chi connectivity index (χ3v) is 3.54. The van der Waals surface area contributed by atoms with E-state index in [0.29, 0.717) is 0 Å². The number of hydrogen-bond acceptors (Lipinski definition) is 3. The average Bonchev–Trinajstić information content (AvgIpc) is 2.31. The minimum absolute atomic E-state index is 0.00715. The summed E-state index contributed by atoms with van der Waals surface area (Å²) in [5.41, 5.74) is 0. The van der Waals surface area contributed by atoms with Crippen molar-refractivity contribution >= 4 is 5.97 Å². The fourth-order valence-corrected chi connectivity index (χ4v) is 2.53. The standard InChI is InChI=1S/C13H25NO2/c1-4-5-12-6-8-14(9-7-12)10-11(2)13(15)16-3/h11-12H,4-10H2,1-3H3/t11-/m0/s1. The smallest absolute Gasteiger partial charge is 0.309 e. The molecule has 1 aliphatic heterocycles. The largest absolute Gasteiger partial charge is 0.469 e. The molecule has 0 aromatic carbocycles. The van der Waals surface area contributed by atoms with Crippen molar-refractivity contribution in [2.24, 2.45) is 11.8 Å². The molecule has 0 unspecified atom stereocenters. The number of nitrogens with zero attached hydrogens (tertiary/aromatic N) is 1. The Balaban J connectivity index is 2.24. The minimum Gasteiger partial charge on any atom is -0.469 e. The molecule has 0 spiro atoms. The second-order valence-corrected chi connectivity index (χ2v) is 4.96. The molecule has 0 aromatic rings. The second kappa shape index (κ2) is 6.89. The first-order valence-electron chi connectivity index (χ1n) is 6.47. The van der Waals surface area contributed by atoms with Crippen LogP contribution in [0.1, 0.15) is 39.5 Å². The number of ether oxygens (including phenoxy) is 1. The van der Waals surface area contributed by atoms with E-state index in [1.807, 2.05) is 6.92 Å². The van der Waals surface area contributed by atoms with Gasteiger partial charge in [0.1, 0.15) is 0 Å². The Labute approximate surface area is 99.1 Å². The quantitative estimate of drug-likeness (QED) is 0.675. The molecule has 1 heterocycles. The number of carbonyl (C=O) groups excluding carboxylic acids is 1. The molecule has 0 aromatic heterocycles. The Bertz CT molecular complexity index is 210. The summed E-state index contributed by atoms with van der Waals surface area (Å²) in [6.07, 6.45) is 5.24. The molecule has 1 atom stereocenters. The Morgan fingerprint density at radius 2 is 2.06 bits per heavy atom. The number of piperidine rings is 1. The maximum Gasteiger partial charge on any atom is 0.309 e. The third kappa shape index (κ3) is 4.12. The van der Waals surface area contributed by atoms with Gasteiger partial charge in [-0.05, 0) is 31.8 Å². The topological polar surface area (TPSA) is 29.5 Å². The summed E-state index contributed by atoms with van der Waals surface area (Å²) < 4.78 is 4.75. The van der Waals surface area contributed by atoms with E-state index in [1.54, 1.807) is 0 Å². The van der Waals surface area contributed by atoms with Gasteiger partial charge in [0.05, 0.1) is 13.0 Å². The lowest BCUT2D eigenvalue weighted by Crippen LogP contribution is -2.38. The van der Waals surface area contributed by atoms with Crippen LogP contribution in [-0.2, 0) is 9.53 Å². The zero-order valence-corrected chi connectivity index (χ0v) is 10.9. The van der Waals surface area contributed by atoms with Crippen LogP contribution in [0.15, 0.2) is 0 Å². The second-order valence-electron chi connectivity index (χ2n) is 4.96. The van der Waals surface area contributed by atoms with E-state index in [-0.39, 0.29) is 11.9 Å². The summed E-state index contributed by atoms with van der Waals surface area (Å²) in [5, 5.41) is 0. The van der Waals surface area contributed by atoms with Gasteiger partial charge in [-0.25, -0.2) is 0 Å². The van der Waals surface area contributed by atoms with Gasteiger partial charge in [-0.15, -0.1) is 0 Å². The molecule has 3 heteroatoms. The number of methoxy groups -OCH3 is 1. The van der Waals surface area contributed by atoms with Crippen LogP contribution >= 0.6 is 0 Å². The zero-order chi connectivity index (χ0) is 12.0. The van der Waals surface area contributed by atoms with Crippen molar-refractivity contribution in [3.8, 4) is 0 Å². The molecule has 0 aliphatic carbocycles. The predicted molar refractivity (Wildman–Crippen MR) is 65.3 cm³/mol. The van der Waals surface area contributed by atoms with Gasteiger partial charge in [0.2, 0.25) is 0 Å². The Morgan fingerprint density at radius 1 is 1.44 bits per heavy atom. The van der Waals surface area contributed by atoms with Gasteiger partial charge in [-0.3, -0.25) is 4.79 Å². The molecule has 1 rings (SSSR count). The van der Waals surface area contributed by atoms with Crippen LogP contribution in [0.3, 0.4) is 0 Å². The van der Waals surface area contributed by atoms with Crippen LogP contribution < -0.4 is 0 Å². The molecule has 16 heavy (non-hydrogen) atoms. The number of rotatable bonds is 5. The first-order valence-corrected chi connectivity index (χ1v) is 6.47. The number of esters is 1. The Morgan fingerprint density at radius 3 is 2.56 bits per heavy atom. The highest BCUT2D eigenvalue weighted by atomic mass is 16.5. The number of hydrogen-bond donors (Lipinski definition) is 0. The van der Waals surface area contributed by atoms with Gasteiger partial charge >= 0.3 is 5.97 Å². The van der Waals surface area contributed by atoms with Crippen molar-refractivity contribution < 1.29 is 9.53 Å². The maximum absolute atomic E-state index is 11.3. The van der Waals surface area contributed by atoms with Crippen LogP contribution in [0.25, 0.3) is 0 Å². The van der Waals surface area contributed by atoms with E-state index in [4.69, 9.17) is 4.74 Å². The predicted octanol–water partition coefficient (Wildman–Crippen LogP) is 2.31. The van der Waals surface area contributed by atoms with Gasteiger partial charge in [-0.1, -0.05) is 26.7 Å². The van der Waals surface area contributed by atoms with E-state index < -0.39 is 0 Å². The van der Waals surface area contributed by atoms with E-state index >= 15 is 0 Å².